The molecule has 1 N–H and O–H groups in total. The Hall–Kier alpha value is -0.870. The first-order chi connectivity index (χ1) is 7.61. The molecule has 0 saturated heterocycles. The van der Waals surface area contributed by atoms with Gasteiger partial charge in [-0.25, -0.2) is 9.97 Å². The molecule has 1 aromatic heterocycles. The molecule has 16 heavy (non-hydrogen) atoms. The summed E-state index contributed by atoms with van der Waals surface area (Å²) < 4.78 is 0. The van der Waals surface area contributed by atoms with E-state index in [0.29, 0.717) is 11.1 Å². The van der Waals surface area contributed by atoms with E-state index in [4.69, 9.17) is 11.6 Å². The molecule has 0 aromatic carbocycles. The van der Waals surface area contributed by atoms with Gasteiger partial charge in [-0.15, -0.1) is 0 Å². The number of anilines is 1. The van der Waals surface area contributed by atoms with Crippen LogP contribution >= 0.6 is 11.6 Å². The average molecular weight is 243 g/mol. The molecule has 0 aliphatic carbocycles. The number of hydrogen-bond donors (Lipinski definition) is 1. The first-order valence-corrected chi connectivity index (χ1v) is 5.91. The fourth-order valence-electron chi connectivity index (χ4n) is 1.32. The van der Waals surface area contributed by atoms with E-state index >= 15 is 0 Å². The first-order valence-electron chi connectivity index (χ1n) is 5.54. The van der Waals surface area contributed by atoms with Crippen molar-refractivity contribution in [1.82, 2.24) is 14.9 Å². The molecule has 0 amide bonds. The standard InChI is InChI=1S/C11H19ClN4/c1-4-5-9-8-10(12)15-11(14-9)13-6-7-16(2)3/h8H,4-7H2,1-3H3,(H,13,14,15). The molecule has 1 rings (SSSR count). The Labute approximate surface area is 102 Å². The maximum absolute atomic E-state index is 5.93. The van der Waals surface area contributed by atoms with Crippen LogP contribution in [-0.4, -0.2) is 42.1 Å². The highest BCUT2D eigenvalue weighted by atomic mass is 35.5. The lowest BCUT2D eigenvalue weighted by atomic mass is 10.2. The lowest BCUT2D eigenvalue weighted by Gasteiger charge is -2.11. The molecule has 0 bridgehead atoms. The largest absolute Gasteiger partial charge is 0.353 e. The van der Waals surface area contributed by atoms with Crippen LogP contribution < -0.4 is 5.32 Å². The molecule has 1 aromatic rings. The summed E-state index contributed by atoms with van der Waals surface area (Å²) in [6.45, 7) is 3.88. The fourth-order valence-corrected chi connectivity index (χ4v) is 1.52. The van der Waals surface area contributed by atoms with Gasteiger partial charge >= 0.3 is 0 Å². The zero-order chi connectivity index (χ0) is 12.0. The maximum atomic E-state index is 5.93. The number of aromatic nitrogens is 2. The normalized spacial score (nSPS) is 10.8. The predicted octanol–water partition coefficient (Wildman–Crippen LogP) is 2.06. The van der Waals surface area contributed by atoms with Crippen LogP contribution in [0.3, 0.4) is 0 Å². The molecular formula is C11H19ClN4. The Balaban J connectivity index is 2.58. The minimum atomic E-state index is 0.505. The Morgan fingerprint density at radius 1 is 1.38 bits per heavy atom. The zero-order valence-corrected chi connectivity index (χ0v) is 10.9. The third-order valence-electron chi connectivity index (χ3n) is 2.10. The summed E-state index contributed by atoms with van der Waals surface area (Å²) >= 11 is 5.93. The van der Waals surface area contributed by atoms with E-state index in [1.807, 2.05) is 20.2 Å². The lowest BCUT2D eigenvalue weighted by molar-refractivity contribution is 0.425. The van der Waals surface area contributed by atoms with Gasteiger partial charge in [0.05, 0.1) is 0 Å². The molecule has 0 aliphatic rings. The molecule has 90 valence electrons. The van der Waals surface area contributed by atoms with Crippen molar-refractivity contribution >= 4 is 17.5 Å². The van der Waals surface area contributed by atoms with Crippen LogP contribution in [0.1, 0.15) is 19.0 Å². The Bertz CT molecular complexity index is 328. The topological polar surface area (TPSA) is 41.1 Å². The summed E-state index contributed by atoms with van der Waals surface area (Å²) in [6, 6.07) is 1.82. The number of rotatable bonds is 6. The Morgan fingerprint density at radius 2 is 2.12 bits per heavy atom. The van der Waals surface area contributed by atoms with Gasteiger partial charge in [0, 0.05) is 18.8 Å². The summed E-state index contributed by atoms with van der Waals surface area (Å²) in [6.07, 6.45) is 2.00. The highest BCUT2D eigenvalue weighted by molar-refractivity contribution is 6.29. The van der Waals surface area contributed by atoms with Crippen molar-refractivity contribution in [3.63, 3.8) is 0 Å². The van der Waals surface area contributed by atoms with Gasteiger partial charge in [0.1, 0.15) is 5.15 Å². The zero-order valence-electron chi connectivity index (χ0n) is 10.1. The van der Waals surface area contributed by atoms with Gasteiger partial charge in [-0.05, 0) is 26.6 Å². The SMILES string of the molecule is CCCc1cc(Cl)nc(NCCN(C)C)n1. The summed E-state index contributed by atoms with van der Waals surface area (Å²) in [5, 5.41) is 3.67. The monoisotopic (exact) mass is 242 g/mol. The molecule has 5 heteroatoms. The average Bonchev–Trinajstić information content (AvgIpc) is 2.16. The van der Waals surface area contributed by atoms with Crippen molar-refractivity contribution in [3.8, 4) is 0 Å². The second kappa shape index (κ2) is 6.66. The second-order valence-electron chi connectivity index (χ2n) is 3.99. The molecule has 1 heterocycles. The smallest absolute Gasteiger partial charge is 0.224 e. The summed E-state index contributed by atoms with van der Waals surface area (Å²) in [5.74, 6) is 0.623. The number of hydrogen-bond acceptors (Lipinski definition) is 4. The molecule has 0 radical (unpaired) electrons. The van der Waals surface area contributed by atoms with E-state index < -0.39 is 0 Å². The van der Waals surface area contributed by atoms with Crippen LogP contribution in [-0.2, 0) is 6.42 Å². The second-order valence-corrected chi connectivity index (χ2v) is 4.37. The van der Waals surface area contributed by atoms with Crippen molar-refractivity contribution in [2.24, 2.45) is 0 Å². The summed E-state index contributed by atoms with van der Waals surface area (Å²) in [5.41, 5.74) is 0.995. The van der Waals surface area contributed by atoms with Crippen LogP contribution in [0, 0.1) is 0 Å². The fraction of sp³-hybridized carbons (Fsp3) is 0.636. The summed E-state index contributed by atoms with van der Waals surface area (Å²) in [4.78, 5) is 10.6. The minimum Gasteiger partial charge on any atom is -0.353 e. The van der Waals surface area contributed by atoms with Gasteiger partial charge < -0.3 is 10.2 Å². The van der Waals surface area contributed by atoms with E-state index in [-0.39, 0.29) is 0 Å². The predicted molar refractivity (Wildman–Crippen MR) is 68.1 cm³/mol. The molecular weight excluding hydrogens is 224 g/mol. The van der Waals surface area contributed by atoms with Crippen LogP contribution in [0.15, 0.2) is 6.07 Å². The lowest BCUT2D eigenvalue weighted by Crippen LogP contribution is -2.21. The van der Waals surface area contributed by atoms with Crippen LogP contribution in [0.5, 0.6) is 0 Å². The van der Waals surface area contributed by atoms with Gasteiger partial charge in [0.2, 0.25) is 5.95 Å². The van der Waals surface area contributed by atoms with E-state index in [2.05, 4.69) is 27.1 Å². The number of nitrogens with one attached hydrogen (secondary N) is 1. The van der Waals surface area contributed by atoms with Crippen LogP contribution in [0.25, 0.3) is 0 Å². The number of nitrogens with zero attached hydrogens (tertiary/aromatic N) is 3. The van der Waals surface area contributed by atoms with Crippen LogP contribution in [0.2, 0.25) is 5.15 Å². The van der Waals surface area contributed by atoms with Gasteiger partial charge in [-0.1, -0.05) is 24.9 Å². The van der Waals surface area contributed by atoms with Gasteiger partial charge in [0.25, 0.3) is 0 Å². The van der Waals surface area contributed by atoms with Gasteiger partial charge in [-0.3, -0.25) is 0 Å². The molecule has 4 nitrogen and oxygen atoms in total. The van der Waals surface area contributed by atoms with E-state index in [9.17, 15) is 0 Å². The quantitative estimate of drug-likeness (QED) is 0.776. The number of halogens is 1. The molecule has 0 aliphatic heterocycles. The third kappa shape index (κ3) is 4.77. The van der Waals surface area contributed by atoms with E-state index in [1.165, 1.54) is 0 Å². The van der Waals surface area contributed by atoms with Gasteiger partial charge in [-0.2, -0.15) is 0 Å². The molecule has 0 atom stereocenters. The van der Waals surface area contributed by atoms with Crippen molar-refractivity contribution in [2.75, 3.05) is 32.5 Å². The van der Waals surface area contributed by atoms with E-state index in [1.54, 1.807) is 0 Å². The molecule has 0 spiro atoms. The molecule has 0 saturated carbocycles. The van der Waals surface area contributed by atoms with Crippen LogP contribution in [0.4, 0.5) is 5.95 Å². The Morgan fingerprint density at radius 3 is 2.75 bits per heavy atom. The maximum Gasteiger partial charge on any atom is 0.224 e. The number of likely N-dealkylation sites (N-methyl/N-ethyl adjacent to an activating group) is 1. The van der Waals surface area contributed by atoms with E-state index in [0.717, 1.165) is 31.6 Å². The van der Waals surface area contributed by atoms with Crippen molar-refractivity contribution in [2.45, 2.75) is 19.8 Å². The molecule has 0 unspecified atom stereocenters. The Kier molecular flexibility index (Phi) is 5.49. The van der Waals surface area contributed by atoms with Crippen molar-refractivity contribution < 1.29 is 0 Å². The highest BCUT2D eigenvalue weighted by Gasteiger charge is 2.02. The first kappa shape index (κ1) is 13.2. The summed E-state index contributed by atoms with van der Waals surface area (Å²) in [7, 11) is 4.06. The van der Waals surface area contributed by atoms with Crippen molar-refractivity contribution in [3.05, 3.63) is 16.9 Å². The number of aryl methyl sites for hydroxylation is 1. The van der Waals surface area contributed by atoms with Crippen molar-refractivity contribution in [1.29, 1.82) is 0 Å². The molecule has 0 fully saturated rings. The highest BCUT2D eigenvalue weighted by Crippen LogP contribution is 2.11. The third-order valence-corrected chi connectivity index (χ3v) is 2.29. The van der Waals surface area contributed by atoms with Gasteiger partial charge in [0.15, 0.2) is 0 Å². The minimum absolute atomic E-state index is 0.505.